The number of nitrogens with zero attached hydrogens (tertiary/aromatic N) is 1. The molecule has 1 aliphatic rings. The summed E-state index contributed by atoms with van der Waals surface area (Å²) in [6, 6.07) is 2.93. The van der Waals surface area contributed by atoms with Crippen LogP contribution in [0.2, 0.25) is 0 Å². The van der Waals surface area contributed by atoms with E-state index in [1.165, 1.54) is 18.0 Å². The number of anilines is 1. The summed E-state index contributed by atoms with van der Waals surface area (Å²) in [6.45, 7) is 5.69. The number of amides is 2. The third-order valence-corrected chi connectivity index (χ3v) is 3.94. The molecule has 0 atom stereocenters. The van der Waals surface area contributed by atoms with Crippen LogP contribution in [0.15, 0.2) is 12.1 Å². The maximum atomic E-state index is 13.5. The third kappa shape index (κ3) is 4.67. The van der Waals surface area contributed by atoms with E-state index in [0.29, 0.717) is 30.6 Å². The Balaban J connectivity index is 2.42. The summed E-state index contributed by atoms with van der Waals surface area (Å²) in [7, 11) is 1.47. The van der Waals surface area contributed by atoms with Crippen LogP contribution in [-0.4, -0.2) is 31.2 Å². The first-order valence-electron chi connectivity index (χ1n) is 8.27. The first-order chi connectivity index (χ1) is 11.6. The second-order valence-corrected chi connectivity index (χ2v) is 7.07. The molecular formula is C18H24F2N2O3. The van der Waals surface area contributed by atoms with E-state index in [0.717, 1.165) is 5.56 Å². The van der Waals surface area contributed by atoms with E-state index in [2.05, 4.69) is 5.32 Å². The largest absolute Gasteiger partial charge is 0.443 e. The maximum absolute atomic E-state index is 13.5. The quantitative estimate of drug-likeness (QED) is 0.902. The fourth-order valence-corrected chi connectivity index (χ4v) is 2.82. The molecule has 0 fully saturated rings. The van der Waals surface area contributed by atoms with Crippen molar-refractivity contribution in [2.45, 2.75) is 52.1 Å². The summed E-state index contributed by atoms with van der Waals surface area (Å²) in [6.07, 6.45) is -2.02. The van der Waals surface area contributed by atoms with Crippen molar-refractivity contribution in [3.8, 4) is 0 Å². The van der Waals surface area contributed by atoms with E-state index in [9.17, 15) is 18.4 Å². The smallest absolute Gasteiger partial charge is 0.414 e. The lowest BCUT2D eigenvalue weighted by atomic mass is 9.94. The van der Waals surface area contributed by atoms with E-state index in [-0.39, 0.29) is 17.9 Å². The number of hydrogen-bond donors (Lipinski definition) is 1. The highest BCUT2D eigenvalue weighted by Crippen LogP contribution is 2.35. The highest BCUT2D eigenvalue weighted by molar-refractivity contribution is 5.90. The Morgan fingerprint density at radius 2 is 2.00 bits per heavy atom. The van der Waals surface area contributed by atoms with Crippen LogP contribution in [0, 0.1) is 0 Å². The van der Waals surface area contributed by atoms with Gasteiger partial charge in [-0.05, 0) is 50.8 Å². The van der Waals surface area contributed by atoms with Gasteiger partial charge in [0.2, 0.25) is 5.91 Å². The van der Waals surface area contributed by atoms with E-state index in [1.54, 1.807) is 26.8 Å². The van der Waals surface area contributed by atoms with Gasteiger partial charge in [-0.1, -0.05) is 6.07 Å². The molecule has 1 aromatic carbocycles. The average molecular weight is 354 g/mol. The minimum Gasteiger partial charge on any atom is -0.443 e. The molecule has 0 bridgehead atoms. The summed E-state index contributed by atoms with van der Waals surface area (Å²) in [5.41, 5.74) is 0.619. The van der Waals surface area contributed by atoms with Crippen molar-refractivity contribution in [3.05, 3.63) is 28.8 Å². The predicted molar refractivity (Wildman–Crippen MR) is 91.1 cm³/mol. The summed E-state index contributed by atoms with van der Waals surface area (Å²) >= 11 is 0. The van der Waals surface area contributed by atoms with Gasteiger partial charge in [-0.25, -0.2) is 13.6 Å². The molecule has 1 N–H and O–H groups in total. The monoisotopic (exact) mass is 354 g/mol. The number of likely N-dealkylation sites (N-methyl/N-ethyl adjacent to an activating group) is 1. The van der Waals surface area contributed by atoms with Crippen molar-refractivity contribution < 1.29 is 23.1 Å². The standard InChI is InChI=1S/C18H24F2N2O3/c1-18(2,3)25-17(24)22-7-5-6-11-8-12(9-15(23)21-4)13(16(19)20)10-14(11)22/h8,10,16H,5-7,9H2,1-4H3,(H,21,23). The molecule has 0 radical (unpaired) electrons. The number of benzene rings is 1. The molecule has 0 unspecified atom stereocenters. The summed E-state index contributed by atoms with van der Waals surface area (Å²) in [4.78, 5) is 25.4. The number of carbonyl (C=O) groups excluding carboxylic acids is 2. The van der Waals surface area contributed by atoms with E-state index < -0.39 is 18.1 Å². The number of alkyl halides is 2. The van der Waals surface area contributed by atoms with Gasteiger partial charge in [0, 0.05) is 19.2 Å². The van der Waals surface area contributed by atoms with Crippen LogP contribution in [0.4, 0.5) is 19.3 Å². The van der Waals surface area contributed by atoms with Crippen molar-refractivity contribution in [1.29, 1.82) is 0 Å². The molecule has 0 aliphatic carbocycles. The zero-order valence-electron chi connectivity index (χ0n) is 15.0. The Morgan fingerprint density at radius 1 is 1.32 bits per heavy atom. The number of nitrogens with one attached hydrogen (secondary N) is 1. The molecule has 1 heterocycles. The topological polar surface area (TPSA) is 58.6 Å². The van der Waals surface area contributed by atoms with Gasteiger partial charge in [0.1, 0.15) is 5.60 Å². The van der Waals surface area contributed by atoms with E-state index in [1.807, 2.05) is 0 Å². The van der Waals surface area contributed by atoms with Crippen LogP contribution in [-0.2, 0) is 22.4 Å². The predicted octanol–water partition coefficient (Wildman–Crippen LogP) is 3.60. The number of carbonyl (C=O) groups is 2. The molecule has 0 spiro atoms. The molecule has 5 nitrogen and oxygen atoms in total. The van der Waals surface area contributed by atoms with Gasteiger partial charge in [-0.3, -0.25) is 9.69 Å². The fourth-order valence-electron chi connectivity index (χ4n) is 2.82. The second kappa shape index (κ2) is 7.37. The minimum atomic E-state index is -2.73. The van der Waals surface area contributed by atoms with Crippen molar-refractivity contribution in [2.24, 2.45) is 0 Å². The molecule has 1 aliphatic heterocycles. The molecule has 2 rings (SSSR count). The molecule has 0 aromatic heterocycles. The first kappa shape index (κ1) is 19.1. The second-order valence-electron chi connectivity index (χ2n) is 7.07. The van der Waals surface area contributed by atoms with Gasteiger partial charge >= 0.3 is 6.09 Å². The van der Waals surface area contributed by atoms with Crippen molar-refractivity contribution >= 4 is 17.7 Å². The number of rotatable bonds is 3. The van der Waals surface area contributed by atoms with Crippen LogP contribution in [0.5, 0.6) is 0 Å². The fraction of sp³-hybridized carbons (Fsp3) is 0.556. The van der Waals surface area contributed by atoms with Crippen molar-refractivity contribution in [2.75, 3.05) is 18.5 Å². The van der Waals surface area contributed by atoms with Gasteiger partial charge < -0.3 is 10.1 Å². The summed E-state index contributed by atoms with van der Waals surface area (Å²) in [5.74, 6) is -0.332. The van der Waals surface area contributed by atoms with Gasteiger partial charge in [0.05, 0.1) is 12.1 Å². The van der Waals surface area contributed by atoms with Crippen LogP contribution in [0.1, 0.15) is 50.3 Å². The number of fused-ring (bicyclic) bond motifs is 1. The SMILES string of the molecule is CNC(=O)Cc1cc2c(cc1C(F)F)N(C(=O)OC(C)(C)C)CCC2. The zero-order chi connectivity index (χ0) is 18.8. The van der Waals surface area contributed by atoms with E-state index >= 15 is 0 Å². The van der Waals surface area contributed by atoms with Crippen molar-refractivity contribution in [1.82, 2.24) is 5.32 Å². The third-order valence-electron chi connectivity index (χ3n) is 3.94. The molecule has 1 aromatic rings. The summed E-state index contributed by atoms with van der Waals surface area (Å²) in [5, 5.41) is 2.44. The molecular weight excluding hydrogens is 330 g/mol. The first-order valence-corrected chi connectivity index (χ1v) is 8.27. The Hall–Kier alpha value is -2.18. The molecule has 2 amide bonds. The minimum absolute atomic E-state index is 0.115. The van der Waals surface area contributed by atoms with Crippen LogP contribution in [0.3, 0.4) is 0 Å². The van der Waals surface area contributed by atoms with Crippen molar-refractivity contribution in [3.63, 3.8) is 0 Å². The van der Waals surface area contributed by atoms with Gasteiger partial charge in [0.25, 0.3) is 6.43 Å². The number of aryl methyl sites for hydroxylation is 1. The highest BCUT2D eigenvalue weighted by atomic mass is 19.3. The Morgan fingerprint density at radius 3 is 2.56 bits per heavy atom. The van der Waals surface area contributed by atoms with E-state index in [4.69, 9.17) is 4.74 Å². The maximum Gasteiger partial charge on any atom is 0.414 e. The van der Waals surface area contributed by atoms with Gasteiger partial charge in [-0.2, -0.15) is 0 Å². The number of ether oxygens (including phenoxy) is 1. The lowest BCUT2D eigenvalue weighted by Crippen LogP contribution is -2.40. The van der Waals surface area contributed by atoms with Crippen LogP contribution in [0.25, 0.3) is 0 Å². The summed E-state index contributed by atoms with van der Waals surface area (Å²) < 4.78 is 32.4. The number of halogens is 2. The zero-order valence-corrected chi connectivity index (χ0v) is 15.0. The average Bonchev–Trinajstić information content (AvgIpc) is 2.51. The molecule has 25 heavy (non-hydrogen) atoms. The molecule has 138 valence electrons. The lowest BCUT2D eigenvalue weighted by Gasteiger charge is -2.32. The van der Waals surface area contributed by atoms with Gasteiger partial charge in [0.15, 0.2) is 0 Å². The van der Waals surface area contributed by atoms with Crippen LogP contribution >= 0.6 is 0 Å². The Labute approximate surface area is 146 Å². The molecule has 0 saturated carbocycles. The molecule has 7 heteroatoms. The number of hydrogen-bond acceptors (Lipinski definition) is 3. The lowest BCUT2D eigenvalue weighted by molar-refractivity contribution is -0.119. The Bertz CT molecular complexity index is 669. The molecule has 0 saturated heterocycles. The van der Waals surface area contributed by atoms with Crippen LogP contribution < -0.4 is 10.2 Å². The highest BCUT2D eigenvalue weighted by Gasteiger charge is 2.29. The Kier molecular flexibility index (Phi) is 5.65. The van der Waals surface area contributed by atoms with Gasteiger partial charge in [-0.15, -0.1) is 0 Å². The normalized spacial score (nSPS) is 14.3.